The minimum atomic E-state index is 0.369. The van der Waals surface area contributed by atoms with Crippen molar-refractivity contribution < 1.29 is 14.3 Å². The fourth-order valence-electron chi connectivity index (χ4n) is 3.20. The summed E-state index contributed by atoms with van der Waals surface area (Å²) >= 11 is 1.26. The molecule has 0 radical (unpaired) electrons. The molecule has 0 spiro atoms. The molecule has 0 aliphatic rings. The van der Waals surface area contributed by atoms with E-state index in [-0.39, 0.29) is 0 Å². The number of imidazole rings is 1. The Morgan fingerprint density at radius 2 is 1.97 bits per heavy atom. The lowest BCUT2D eigenvalue weighted by atomic mass is 10.2. The number of carbonyl (C=O) groups excluding carboxylic acids is 1. The van der Waals surface area contributed by atoms with Crippen LogP contribution in [0.25, 0.3) is 11.2 Å². The van der Waals surface area contributed by atoms with E-state index < -0.39 is 0 Å². The maximum absolute atomic E-state index is 11.1. The fourth-order valence-corrected chi connectivity index (χ4v) is 3.97. The summed E-state index contributed by atoms with van der Waals surface area (Å²) in [5.74, 6) is 2.28. The van der Waals surface area contributed by atoms with Crippen LogP contribution in [0.5, 0.6) is 11.5 Å². The summed E-state index contributed by atoms with van der Waals surface area (Å²) in [6, 6.07) is 5.72. The van der Waals surface area contributed by atoms with Crippen molar-refractivity contribution in [3.8, 4) is 11.5 Å². The molecule has 3 heterocycles. The standard InChI is InChI=1S/C21H23N7O3S/c1-5-28-11-23-17-18(22-9-13-6-7-14(30-3)15(8-13)31-4)25-20(26-19(17)28)27-21-24-12(2)16(10-29)32-21/h6-8,10-11H,5,9H2,1-4H3,(H2,22,24,25,26,27). The van der Waals surface area contributed by atoms with E-state index in [0.717, 1.165) is 11.8 Å². The molecule has 32 heavy (non-hydrogen) atoms. The summed E-state index contributed by atoms with van der Waals surface area (Å²) in [7, 11) is 3.21. The number of aryl methyl sites for hydroxylation is 2. The third kappa shape index (κ3) is 4.19. The van der Waals surface area contributed by atoms with Crippen LogP contribution in [0.3, 0.4) is 0 Å². The highest BCUT2D eigenvalue weighted by Crippen LogP contribution is 2.29. The second-order valence-electron chi connectivity index (χ2n) is 6.85. The van der Waals surface area contributed by atoms with Crippen molar-refractivity contribution >= 4 is 45.7 Å². The summed E-state index contributed by atoms with van der Waals surface area (Å²) in [5.41, 5.74) is 3.02. The van der Waals surface area contributed by atoms with Gasteiger partial charge in [-0.2, -0.15) is 9.97 Å². The molecule has 0 bridgehead atoms. The van der Waals surface area contributed by atoms with Crippen LogP contribution in [-0.2, 0) is 13.1 Å². The highest BCUT2D eigenvalue weighted by molar-refractivity contribution is 7.17. The third-order valence-corrected chi connectivity index (χ3v) is 5.87. The van der Waals surface area contributed by atoms with Gasteiger partial charge in [-0.15, -0.1) is 0 Å². The zero-order chi connectivity index (χ0) is 22.7. The SMILES string of the molecule is CCn1cnc2c(NCc3ccc(OC)c(OC)c3)nc(Nc3nc(C)c(C=O)s3)nc21. The fraction of sp³-hybridized carbons (Fsp3) is 0.286. The topological polar surface area (TPSA) is 116 Å². The minimum absolute atomic E-state index is 0.369. The minimum Gasteiger partial charge on any atom is -0.493 e. The Morgan fingerprint density at radius 3 is 2.66 bits per heavy atom. The Kier molecular flexibility index (Phi) is 6.17. The molecule has 10 nitrogen and oxygen atoms in total. The lowest BCUT2D eigenvalue weighted by molar-refractivity contribution is 0.112. The number of thiazole rings is 1. The molecule has 0 aliphatic heterocycles. The Hall–Kier alpha value is -3.73. The lowest BCUT2D eigenvalue weighted by Gasteiger charge is -2.12. The van der Waals surface area contributed by atoms with Gasteiger partial charge in [0.05, 0.1) is 31.1 Å². The second kappa shape index (κ2) is 9.18. The Bertz CT molecular complexity index is 1270. The van der Waals surface area contributed by atoms with Crippen LogP contribution in [0.2, 0.25) is 0 Å². The lowest BCUT2D eigenvalue weighted by Crippen LogP contribution is -2.07. The molecular formula is C21H23N7O3S. The molecule has 3 aromatic heterocycles. The summed E-state index contributed by atoms with van der Waals surface area (Å²) in [6.07, 6.45) is 2.53. The number of aldehydes is 1. The number of fused-ring (bicyclic) bond motifs is 1. The maximum Gasteiger partial charge on any atom is 0.233 e. The Labute approximate surface area is 188 Å². The quantitative estimate of drug-likeness (QED) is 0.365. The number of hydrogen-bond donors (Lipinski definition) is 2. The first-order valence-corrected chi connectivity index (χ1v) is 10.7. The number of methoxy groups -OCH3 is 2. The van der Waals surface area contributed by atoms with Crippen LogP contribution in [0.4, 0.5) is 16.9 Å². The Morgan fingerprint density at radius 1 is 1.16 bits per heavy atom. The predicted molar refractivity (Wildman–Crippen MR) is 123 cm³/mol. The summed E-state index contributed by atoms with van der Waals surface area (Å²) < 4.78 is 12.6. The molecule has 0 unspecified atom stereocenters. The highest BCUT2D eigenvalue weighted by atomic mass is 32.1. The molecular weight excluding hydrogens is 430 g/mol. The predicted octanol–water partition coefficient (Wildman–Crippen LogP) is 3.80. The molecule has 11 heteroatoms. The summed E-state index contributed by atoms with van der Waals surface area (Å²) in [6.45, 7) is 5.02. The van der Waals surface area contributed by atoms with Crippen molar-refractivity contribution in [2.45, 2.75) is 26.9 Å². The van der Waals surface area contributed by atoms with Gasteiger partial charge in [0.2, 0.25) is 5.95 Å². The molecule has 0 saturated heterocycles. The number of ether oxygens (including phenoxy) is 2. The van der Waals surface area contributed by atoms with Crippen LogP contribution in [0.1, 0.15) is 27.9 Å². The zero-order valence-corrected chi connectivity index (χ0v) is 19.0. The smallest absolute Gasteiger partial charge is 0.233 e. The van der Waals surface area contributed by atoms with Gasteiger partial charge in [-0.3, -0.25) is 10.1 Å². The first-order valence-electron chi connectivity index (χ1n) is 9.93. The van der Waals surface area contributed by atoms with Gasteiger partial charge < -0.3 is 19.4 Å². The molecule has 0 amide bonds. The van der Waals surface area contributed by atoms with E-state index in [0.29, 0.717) is 63.2 Å². The van der Waals surface area contributed by atoms with E-state index in [2.05, 4.69) is 30.6 Å². The van der Waals surface area contributed by atoms with Crippen LogP contribution in [-0.4, -0.2) is 45.0 Å². The highest BCUT2D eigenvalue weighted by Gasteiger charge is 2.15. The Balaban J connectivity index is 1.65. The third-order valence-electron chi connectivity index (χ3n) is 4.87. The van der Waals surface area contributed by atoms with Gasteiger partial charge >= 0.3 is 0 Å². The average molecular weight is 454 g/mol. The number of benzene rings is 1. The van der Waals surface area contributed by atoms with Crippen molar-refractivity contribution in [2.24, 2.45) is 0 Å². The average Bonchev–Trinajstić information content (AvgIpc) is 3.39. The van der Waals surface area contributed by atoms with E-state index in [9.17, 15) is 4.79 Å². The molecule has 2 N–H and O–H groups in total. The van der Waals surface area contributed by atoms with Crippen molar-refractivity contribution in [2.75, 3.05) is 24.9 Å². The van der Waals surface area contributed by atoms with Gasteiger partial charge in [-0.25, -0.2) is 9.97 Å². The molecule has 0 fully saturated rings. The van der Waals surface area contributed by atoms with E-state index in [1.54, 1.807) is 27.5 Å². The van der Waals surface area contributed by atoms with Crippen molar-refractivity contribution in [3.05, 3.63) is 40.7 Å². The number of nitrogens with zero attached hydrogens (tertiary/aromatic N) is 5. The van der Waals surface area contributed by atoms with Gasteiger partial charge in [0.1, 0.15) is 0 Å². The van der Waals surface area contributed by atoms with Gasteiger partial charge in [0.25, 0.3) is 0 Å². The van der Waals surface area contributed by atoms with Crippen LogP contribution >= 0.6 is 11.3 Å². The van der Waals surface area contributed by atoms with Crippen molar-refractivity contribution in [3.63, 3.8) is 0 Å². The van der Waals surface area contributed by atoms with Gasteiger partial charge in [0.15, 0.2) is 39.9 Å². The van der Waals surface area contributed by atoms with E-state index in [4.69, 9.17) is 9.47 Å². The van der Waals surface area contributed by atoms with Crippen molar-refractivity contribution in [1.82, 2.24) is 24.5 Å². The molecule has 1 aromatic carbocycles. The van der Waals surface area contributed by atoms with Gasteiger partial charge in [0, 0.05) is 13.1 Å². The van der Waals surface area contributed by atoms with Crippen molar-refractivity contribution in [1.29, 1.82) is 0 Å². The van der Waals surface area contributed by atoms with E-state index >= 15 is 0 Å². The van der Waals surface area contributed by atoms with Crippen LogP contribution in [0.15, 0.2) is 24.5 Å². The molecule has 4 aromatic rings. The first-order chi connectivity index (χ1) is 15.6. The van der Waals surface area contributed by atoms with E-state index in [1.165, 1.54) is 11.3 Å². The molecule has 4 rings (SSSR count). The van der Waals surface area contributed by atoms with Gasteiger partial charge in [-0.05, 0) is 31.5 Å². The number of nitrogens with one attached hydrogen (secondary N) is 2. The molecule has 166 valence electrons. The number of carbonyl (C=O) groups is 1. The second-order valence-corrected chi connectivity index (χ2v) is 7.88. The monoisotopic (exact) mass is 453 g/mol. The number of rotatable bonds is 9. The molecule has 0 aliphatic carbocycles. The van der Waals surface area contributed by atoms with Crippen LogP contribution in [0, 0.1) is 6.92 Å². The summed E-state index contributed by atoms with van der Waals surface area (Å²) in [5, 5.41) is 7.01. The number of anilines is 3. The molecule has 0 atom stereocenters. The molecule has 0 saturated carbocycles. The zero-order valence-electron chi connectivity index (χ0n) is 18.2. The number of hydrogen-bond acceptors (Lipinski definition) is 10. The van der Waals surface area contributed by atoms with Gasteiger partial charge in [-0.1, -0.05) is 17.4 Å². The number of aromatic nitrogens is 5. The normalized spacial score (nSPS) is 10.9. The first kappa shape index (κ1) is 21.5. The largest absolute Gasteiger partial charge is 0.493 e. The van der Waals surface area contributed by atoms with E-state index in [1.807, 2.05) is 29.7 Å². The maximum atomic E-state index is 11.1. The summed E-state index contributed by atoms with van der Waals surface area (Å²) in [4.78, 5) is 29.8. The van der Waals surface area contributed by atoms with Crippen LogP contribution < -0.4 is 20.1 Å².